The Hall–Kier alpha value is -1.68. The third-order valence-electron chi connectivity index (χ3n) is 2.00. The molecule has 0 saturated carbocycles. The summed E-state index contributed by atoms with van der Waals surface area (Å²) in [5.41, 5.74) is 6.75. The van der Waals surface area contributed by atoms with Crippen molar-refractivity contribution in [2.24, 2.45) is 0 Å². The zero-order valence-electron chi connectivity index (χ0n) is 7.97. The predicted molar refractivity (Wildman–Crippen MR) is 57.2 cm³/mol. The van der Waals surface area contributed by atoms with E-state index in [0.717, 1.165) is 5.56 Å². The molecule has 4 nitrogen and oxygen atoms in total. The Kier molecular flexibility index (Phi) is 2.78. The van der Waals surface area contributed by atoms with Gasteiger partial charge >= 0.3 is 0 Å². The molecule has 0 aliphatic rings. The van der Waals surface area contributed by atoms with Gasteiger partial charge in [0.2, 0.25) is 5.28 Å². The highest BCUT2D eigenvalue weighted by Crippen LogP contribution is 2.01. The van der Waals surface area contributed by atoms with Crippen LogP contribution in [-0.2, 0) is 6.54 Å². The van der Waals surface area contributed by atoms with Crippen molar-refractivity contribution < 1.29 is 4.57 Å². The van der Waals surface area contributed by atoms with Crippen LogP contribution in [-0.4, -0.2) is 9.97 Å². The van der Waals surface area contributed by atoms with Gasteiger partial charge in [-0.1, -0.05) is 6.07 Å². The minimum Gasteiger partial charge on any atom is -0.287 e. The quantitative estimate of drug-likeness (QED) is 0.609. The molecule has 0 atom stereocenters. The highest BCUT2D eigenvalue weighted by atomic mass is 35.5. The highest BCUT2D eigenvalue weighted by molar-refractivity contribution is 6.28. The molecule has 2 aromatic heterocycles. The van der Waals surface area contributed by atoms with Crippen LogP contribution in [0.4, 0.5) is 5.82 Å². The van der Waals surface area contributed by atoms with Gasteiger partial charge in [-0.05, 0) is 17.7 Å². The summed E-state index contributed by atoms with van der Waals surface area (Å²) in [6.45, 7) is 0.643. The molecule has 0 aromatic carbocycles. The number of anilines is 1. The van der Waals surface area contributed by atoms with Gasteiger partial charge in [0.1, 0.15) is 6.54 Å². The number of halogens is 1. The van der Waals surface area contributed by atoms with Crippen molar-refractivity contribution in [1.82, 2.24) is 9.97 Å². The first-order valence-electron chi connectivity index (χ1n) is 4.46. The van der Waals surface area contributed by atoms with Crippen LogP contribution in [0.25, 0.3) is 0 Å². The minimum atomic E-state index is 0.254. The van der Waals surface area contributed by atoms with Crippen LogP contribution >= 0.6 is 11.6 Å². The van der Waals surface area contributed by atoms with Gasteiger partial charge in [0, 0.05) is 24.0 Å². The summed E-state index contributed by atoms with van der Waals surface area (Å²) in [4.78, 5) is 7.81. The van der Waals surface area contributed by atoms with Crippen LogP contribution in [0.1, 0.15) is 5.56 Å². The SMILES string of the molecule is Nc1cccc[n+]1Cc1cnc(Cl)nc1. The molecule has 15 heavy (non-hydrogen) atoms. The number of aromatic nitrogens is 3. The van der Waals surface area contributed by atoms with Crippen LogP contribution in [0.2, 0.25) is 5.28 Å². The Labute approximate surface area is 92.4 Å². The van der Waals surface area contributed by atoms with Gasteiger partial charge in [-0.15, -0.1) is 0 Å². The maximum Gasteiger partial charge on any atom is 0.272 e. The third-order valence-corrected chi connectivity index (χ3v) is 2.20. The Morgan fingerprint density at radius 2 is 2.00 bits per heavy atom. The van der Waals surface area contributed by atoms with Crippen molar-refractivity contribution in [2.75, 3.05) is 5.73 Å². The molecule has 0 aliphatic heterocycles. The molecule has 2 rings (SSSR count). The molecule has 0 unspecified atom stereocenters. The van der Waals surface area contributed by atoms with E-state index < -0.39 is 0 Å². The first kappa shape index (κ1) is 9.86. The topological polar surface area (TPSA) is 55.7 Å². The van der Waals surface area contributed by atoms with Gasteiger partial charge in [-0.2, -0.15) is 0 Å². The van der Waals surface area contributed by atoms with Crippen LogP contribution in [0.15, 0.2) is 36.8 Å². The number of pyridine rings is 1. The lowest BCUT2D eigenvalue weighted by molar-refractivity contribution is -0.674. The Morgan fingerprint density at radius 3 is 2.67 bits per heavy atom. The highest BCUT2D eigenvalue weighted by Gasteiger charge is 2.04. The van der Waals surface area contributed by atoms with Gasteiger partial charge in [0.15, 0.2) is 0 Å². The van der Waals surface area contributed by atoms with E-state index >= 15 is 0 Å². The van der Waals surface area contributed by atoms with Crippen molar-refractivity contribution in [3.05, 3.63) is 47.6 Å². The molecular weight excluding hydrogens is 212 g/mol. The molecule has 0 amide bonds. The lowest BCUT2D eigenvalue weighted by atomic mass is 10.3. The second kappa shape index (κ2) is 4.23. The molecule has 0 spiro atoms. The van der Waals surface area contributed by atoms with Crippen LogP contribution in [0.5, 0.6) is 0 Å². The van der Waals surface area contributed by atoms with E-state index in [1.54, 1.807) is 12.4 Å². The average Bonchev–Trinajstić information content (AvgIpc) is 2.25. The van der Waals surface area contributed by atoms with Gasteiger partial charge in [0.05, 0.1) is 6.20 Å². The lowest BCUT2D eigenvalue weighted by Gasteiger charge is -2.01. The first-order valence-corrected chi connectivity index (χ1v) is 4.84. The summed E-state index contributed by atoms with van der Waals surface area (Å²) >= 11 is 5.59. The van der Waals surface area contributed by atoms with Crippen LogP contribution in [0, 0.1) is 0 Å². The minimum absolute atomic E-state index is 0.254. The van der Waals surface area contributed by atoms with Gasteiger partial charge in [-0.3, -0.25) is 5.73 Å². The monoisotopic (exact) mass is 221 g/mol. The fraction of sp³-hybridized carbons (Fsp3) is 0.100. The lowest BCUT2D eigenvalue weighted by Crippen LogP contribution is -2.37. The molecule has 0 aliphatic carbocycles. The van der Waals surface area contributed by atoms with Crippen molar-refractivity contribution in [2.45, 2.75) is 6.54 Å². The summed E-state index contributed by atoms with van der Waals surface area (Å²) in [5.74, 6) is 0.701. The fourth-order valence-corrected chi connectivity index (χ4v) is 1.35. The third kappa shape index (κ3) is 2.41. The zero-order valence-corrected chi connectivity index (χ0v) is 8.72. The number of nitrogens with zero attached hydrogens (tertiary/aromatic N) is 3. The average molecular weight is 222 g/mol. The summed E-state index contributed by atoms with van der Waals surface area (Å²) in [5, 5.41) is 0.254. The predicted octanol–water partition coefficient (Wildman–Crippen LogP) is 1.05. The summed E-state index contributed by atoms with van der Waals surface area (Å²) in [6, 6.07) is 5.66. The van der Waals surface area contributed by atoms with Crippen molar-refractivity contribution >= 4 is 17.4 Å². The molecule has 2 aromatic rings. The van der Waals surface area contributed by atoms with E-state index in [1.165, 1.54) is 0 Å². The zero-order chi connectivity index (χ0) is 10.7. The van der Waals surface area contributed by atoms with Crippen molar-refractivity contribution in [1.29, 1.82) is 0 Å². The van der Waals surface area contributed by atoms with Gasteiger partial charge in [0.25, 0.3) is 5.82 Å². The normalized spacial score (nSPS) is 10.2. The molecule has 76 valence electrons. The first-order chi connectivity index (χ1) is 7.25. The second-order valence-electron chi connectivity index (χ2n) is 3.11. The molecule has 5 heteroatoms. The van der Waals surface area contributed by atoms with Gasteiger partial charge in [-0.25, -0.2) is 14.5 Å². The van der Waals surface area contributed by atoms with Crippen LogP contribution in [0.3, 0.4) is 0 Å². The summed E-state index contributed by atoms with van der Waals surface area (Å²) < 4.78 is 1.91. The molecule has 0 radical (unpaired) electrons. The van der Waals surface area contributed by atoms with E-state index in [4.69, 9.17) is 17.3 Å². The smallest absolute Gasteiger partial charge is 0.272 e. The Morgan fingerprint density at radius 1 is 1.27 bits per heavy atom. The largest absolute Gasteiger partial charge is 0.287 e. The number of hydrogen-bond acceptors (Lipinski definition) is 3. The Balaban J connectivity index is 2.22. The molecule has 0 bridgehead atoms. The summed E-state index contributed by atoms with van der Waals surface area (Å²) in [6.07, 6.45) is 5.29. The molecular formula is C10H10ClN4+. The molecule has 0 saturated heterocycles. The van der Waals surface area contributed by atoms with E-state index in [2.05, 4.69) is 9.97 Å². The second-order valence-corrected chi connectivity index (χ2v) is 3.45. The van der Waals surface area contributed by atoms with Gasteiger partial charge < -0.3 is 0 Å². The Bertz CT molecular complexity index is 455. The summed E-state index contributed by atoms with van der Waals surface area (Å²) in [7, 11) is 0. The molecule has 2 heterocycles. The molecule has 0 fully saturated rings. The van der Waals surface area contributed by atoms with Crippen molar-refractivity contribution in [3.8, 4) is 0 Å². The maximum absolute atomic E-state index is 5.79. The van der Waals surface area contributed by atoms with E-state index in [1.807, 2.05) is 29.0 Å². The maximum atomic E-state index is 5.79. The number of nitrogens with two attached hydrogens (primary N) is 1. The molecule has 2 N–H and O–H groups in total. The van der Waals surface area contributed by atoms with Crippen molar-refractivity contribution in [3.63, 3.8) is 0 Å². The standard InChI is InChI=1S/C10H9ClN4/c11-10-13-5-8(6-14-10)7-15-4-2-1-3-9(15)12/h1-6,12H,7H2/p+1. The van der Waals surface area contributed by atoms with E-state index in [9.17, 15) is 0 Å². The number of nitrogen functional groups attached to an aromatic ring is 1. The van der Waals surface area contributed by atoms with E-state index in [-0.39, 0.29) is 5.28 Å². The number of hydrogen-bond donors (Lipinski definition) is 1. The fourth-order valence-electron chi connectivity index (χ4n) is 1.25. The number of rotatable bonds is 2. The van der Waals surface area contributed by atoms with Crippen LogP contribution < -0.4 is 10.3 Å². The van der Waals surface area contributed by atoms with E-state index in [0.29, 0.717) is 12.4 Å².